The van der Waals surface area contributed by atoms with Crippen molar-refractivity contribution in [2.75, 3.05) is 79.2 Å². The van der Waals surface area contributed by atoms with Crippen LogP contribution >= 0.6 is 11.8 Å². The summed E-state index contributed by atoms with van der Waals surface area (Å²) in [6.07, 6.45) is -1.12. The number of aliphatic carboxylic acids is 1. The number of aromatic nitrogens is 2. The van der Waals surface area contributed by atoms with Gasteiger partial charge in [0.1, 0.15) is 96.9 Å². The standard InChI is InChI=1S/C87H120N20O25S/c1-8-10-20-65-80(124)99-62(43-110)79(123)101-63(75(119)92-37-71(90)114)44-133-45-72(115)93-57(31-47-24-26-51(132-7)27-25-47)83(127)102(4)46(3)74(118)96-59(35-70(89)113)86(130)106-30-16-23-66(106)81(125)100-61(42-109)77(121)94-55(28-29-69(88)112)85(129)107-39-50(111)34-68(107)82(126)95-56(32-48-36-91-54-19-14-12-17-52(48)54)76(120)98-60(41-108)78(122)97-58(84(128)104(6)67(21-11-9-2)87(131)103(65)5)33-49-38-105(40-73(116)117)64-22-15-13-18-53(49)64/h12-15,17-19,22,24-27,36,38,46,50,55-63,65-68,91,108-111H,8-11,16,20-21,23,28-35,37,39-45H2,1-7H3,(H2,88,112)(H2,89,113)(H2,90,114)(H,92,119)(H,93,115)(H,94,121)(H,95,126)(H,96,118)(H,97,122)(H,98,120)(H,99,124)(H,100,125)(H,101,123)(H,116,117)/t46-,50+,55-,56-,57-,58-,59-,60-,61-,62-,63-,65-,66-,67-,68-/m0/s1. The summed E-state index contributed by atoms with van der Waals surface area (Å²) in [7, 11) is 5.10. The Kier molecular flexibility index (Phi) is 39.3. The van der Waals surface area contributed by atoms with Crippen LogP contribution in [-0.4, -0.2) is 342 Å². The third-order valence-corrected chi connectivity index (χ3v) is 24.5. The van der Waals surface area contributed by atoms with Gasteiger partial charge in [0.2, 0.25) is 106 Å². The fourth-order valence-corrected chi connectivity index (χ4v) is 16.9. The molecule has 45 nitrogen and oxygen atoms in total. The maximum atomic E-state index is 15.8. The summed E-state index contributed by atoms with van der Waals surface area (Å²) >= 11 is 0.712. The second-order valence-corrected chi connectivity index (χ2v) is 34.0. The quantitative estimate of drug-likeness (QED) is 0.0245. The molecule has 22 N–H and O–H groups in total. The number of rotatable bonds is 26. The second-order valence-electron chi connectivity index (χ2n) is 33.0. The lowest BCUT2D eigenvalue weighted by Crippen LogP contribution is -2.62. The number of carbonyl (C=O) groups excluding carboxylic acids is 18. The predicted molar refractivity (Wildman–Crippen MR) is 478 cm³/mol. The minimum absolute atomic E-state index is 0.0996. The van der Waals surface area contributed by atoms with Crippen molar-refractivity contribution in [1.82, 2.24) is 87.2 Å². The number of carboxylic acids is 1. The van der Waals surface area contributed by atoms with Crippen LogP contribution in [0.3, 0.4) is 0 Å². The number of aliphatic hydroxyl groups is 4. The average molecular weight is 1880 g/mol. The van der Waals surface area contributed by atoms with Crippen molar-refractivity contribution >= 4 is 146 Å². The molecule has 18 amide bonds. The molecule has 3 aromatic carbocycles. The topological polar surface area (TPSA) is 670 Å². The molecule has 15 atom stereocenters. The number of para-hydroxylation sites is 2. The molecule has 0 spiro atoms. The van der Waals surface area contributed by atoms with Crippen LogP contribution in [0.15, 0.2) is 85.2 Å². The number of nitrogens with one attached hydrogen (secondary N) is 11. The second kappa shape index (κ2) is 49.8. The lowest BCUT2D eigenvalue weighted by Gasteiger charge is -2.36. The lowest BCUT2D eigenvalue weighted by atomic mass is 10.00. The van der Waals surface area contributed by atoms with Gasteiger partial charge in [-0.05, 0) is 80.0 Å². The molecule has 724 valence electrons. The van der Waals surface area contributed by atoms with Crippen molar-refractivity contribution in [2.45, 2.75) is 214 Å². The normalized spacial score (nSPS) is 24.9. The number of nitrogens with zero attached hydrogens (tertiary/aromatic N) is 6. The van der Waals surface area contributed by atoms with E-state index in [4.69, 9.17) is 21.9 Å². The number of hydrogen-bond acceptors (Lipinski definition) is 25. The summed E-state index contributed by atoms with van der Waals surface area (Å²) in [5.41, 5.74) is 18.6. The number of benzene rings is 3. The van der Waals surface area contributed by atoms with Crippen LogP contribution in [0, 0.1) is 0 Å². The number of unbranched alkanes of at least 4 members (excludes halogenated alkanes) is 2. The molecule has 5 aromatic rings. The molecule has 133 heavy (non-hydrogen) atoms. The van der Waals surface area contributed by atoms with Gasteiger partial charge in [-0.3, -0.25) is 91.1 Å². The van der Waals surface area contributed by atoms with E-state index in [0.717, 1.165) is 24.5 Å². The summed E-state index contributed by atoms with van der Waals surface area (Å²) in [4.78, 5) is 279. The number of primary amides is 3. The van der Waals surface area contributed by atoms with E-state index in [-0.39, 0.29) is 57.1 Å². The number of aromatic amines is 1. The van der Waals surface area contributed by atoms with Crippen molar-refractivity contribution in [1.29, 1.82) is 0 Å². The van der Waals surface area contributed by atoms with Crippen molar-refractivity contribution in [3.8, 4) is 5.75 Å². The largest absolute Gasteiger partial charge is 0.497 e. The smallest absolute Gasteiger partial charge is 0.323 e. The summed E-state index contributed by atoms with van der Waals surface area (Å²) in [5.74, 6) is -21.1. The van der Waals surface area contributed by atoms with Gasteiger partial charge in [0, 0.05) is 106 Å². The van der Waals surface area contributed by atoms with Gasteiger partial charge < -0.3 is 135 Å². The summed E-state index contributed by atoms with van der Waals surface area (Å²) < 4.78 is 6.68. The van der Waals surface area contributed by atoms with Crippen LogP contribution in [0.5, 0.6) is 5.75 Å². The van der Waals surface area contributed by atoms with Gasteiger partial charge >= 0.3 is 5.97 Å². The minimum atomic E-state index is -2.01. The number of ether oxygens (including phenoxy) is 1. The Balaban J connectivity index is 1.19. The molecule has 3 saturated heterocycles. The molecule has 3 aliphatic rings. The number of aliphatic hydroxyl groups excluding tert-OH is 4. The number of thioether (sulfide) groups is 1. The first kappa shape index (κ1) is 105. The summed E-state index contributed by atoms with van der Waals surface area (Å²) in [6.45, 7) is -0.888. The first-order valence-electron chi connectivity index (χ1n) is 43.6. The molecule has 8 rings (SSSR count). The number of carbonyl (C=O) groups is 19. The zero-order valence-electron chi connectivity index (χ0n) is 74.9. The fraction of sp³-hybridized carbons (Fsp3) is 0.529. The molecule has 3 aliphatic heterocycles. The van der Waals surface area contributed by atoms with E-state index >= 15 is 28.8 Å². The SMILES string of the molecule is CCCC[C@H]1C(=O)N(C)[C@@H](CCCC)C(=O)N[C@@H](CO)C(=O)N[C@H](C(=O)NCC(N)=O)CSCC(=O)N[C@@H](Cc2ccc(OC)cc2)C(=O)N(C)[C@@H](C)C(=O)N[C@@H](CC(N)=O)C(=O)N2CCC[C@H]2C(=O)N[C@@H](CO)C(=O)N[C@@H](CCC(N)=O)C(=O)N2C[C@H](O)C[C@H]2C(=O)N[C@@H](Cc2c[nH]c3ccccc23)C(=O)N[C@@H](CO)C(=O)N[C@@H](Cc2cn(CC(=O)O)c3ccccc23)C(=O)N1C. The van der Waals surface area contributed by atoms with Crippen LogP contribution in [0.1, 0.15) is 115 Å². The number of likely N-dealkylation sites (N-methyl/N-ethyl adjacent to an activating group) is 3. The molecule has 0 unspecified atom stereocenters. The van der Waals surface area contributed by atoms with Gasteiger partial charge in [-0.25, -0.2) is 0 Å². The Hall–Kier alpha value is -13.3. The zero-order valence-corrected chi connectivity index (χ0v) is 75.8. The number of methoxy groups -OCH3 is 1. The molecule has 3 fully saturated rings. The van der Waals surface area contributed by atoms with Gasteiger partial charge in [-0.2, -0.15) is 0 Å². The number of nitrogens with two attached hydrogens (primary N) is 3. The van der Waals surface area contributed by atoms with E-state index in [1.54, 1.807) is 86.6 Å². The lowest BCUT2D eigenvalue weighted by molar-refractivity contribution is -0.149. The van der Waals surface area contributed by atoms with Crippen molar-refractivity contribution in [3.63, 3.8) is 0 Å². The van der Waals surface area contributed by atoms with E-state index < -0.39 is 292 Å². The van der Waals surface area contributed by atoms with Crippen LogP contribution in [0.25, 0.3) is 21.8 Å². The third kappa shape index (κ3) is 28.6. The Morgan fingerprint density at radius 3 is 1.68 bits per heavy atom. The van der Waals surface area contributed by atoms with E-state index in [0.29, 0.717) is 63.3 Å². The zero-order chi connectivity index (χ0) is 97.8. The van der Waals surface area contributed by atoms with Gasteiger partial charge in [0.25, 0.3) is 0 Å². The monoisotopic (exact) mass is 1880 g/mol. The van der Waals surface area contributed by atoms with Crippen LogP contribution in [0.2, 0.25) is 0 Å². The maximum Gasteiger partial charge on any atom is 0.323 e. The predicted octanol–water partition coefficient (Wildman–Crippen LogP) is -6.09. The Morgan fingerprint density at radius 1 is 0.534 bits per heavy atom. The van der Waals surface area contributed by atoms with Crippen molar-refractivity contribution in [2.24, 2.45) is 17.2 Å². The van der Waals surface area contributed by atoms with Gasteiger partial charge in [-0.15, -0.1) is 11.8 Å². The summed E-state index contributed by atoms with van der Waals surface area (Å²) in [5, 5.41) is 79.9. The van der Waals surface area contributed by atoms with Crippen molar-refractivity contribution < 1.29 is 121 Å². The first-order chi connectivity index (χ1) is 63.3. The first-order valence-corrected chi connectivity index (χ1v) is 44.7. The Morgan fingerprint density at radius 2 is 1.07 bits per heavy atom. The number of hydrogen-bond donors (Lipinski definition) is 19. The highest BCUT2D eigenvalue weighted by molar-refractivity contribution is 8.00. The number of amides is 18. The van der Waals surface area contributed by atoms with E-state index in [1.807, 2.05) is 0 Å². The van der Waals surface area contributed by atoms with E-state index in [2.05, 4.69) is 58.2 Å². The molecule has 0 radical (unpaired) electrons. The number of H-pyrrole nitrogens is 1. The highest BCUT2D eigenvalue weighted by Gasteiger charge is 2.47. The van der Waals surface area contributed by atoms with Crippen LogP contribution < -0.4 is 75.1 Å². The maximum absolute atomic E-state index is 15.8. The Labute approximate surface area is 769 Å². The molecule has 0 saturated carbocycles. The van der Waals surface area contributed by atoms with Gasteiger partial charge in [0.05, 0.1) is 51.8 Å². The van der Waals surface area contributed by atoms with E-state index in [9.17, 15) is 87.9 Å². The molecule has 46 heteroatoms. The van der Waals surface area contributed by atoms with Crippen molar-refractivity contribution in [3.05, 3.63) is 102 Å². The average Bonchev–Trinajstić information content (AvgIpc) is 1.69. The fourth-order valence-electron chi connectivity index (χ4n) is 16.0. The molecule has 5 heterocycles. The highest BCUT2D eigenvalue weighted by atomic mass is 32.2. The van der Waals surface area contributed by atoms with Crippen LogP contribution in [0.4, 0.5) is 0 Å². The minimum Gasteiger partial charge on any atom is -0.497 e. The highest BCUT2D eigenvalue weighted by Crippen LogP contribution is 2.29. The summed E-state index contributed by atoms with van der Waals surface area (Å²) in [6, 6.07) is -4.50. The molecular weight excluding hydrogens is 1760 g/mol. The number of fused-ring (bicyclic) bond motifs is 4. The molecular formula is C87H120N20O25S. The van der Waals surface area contributed by atoms with E-state index in [1.165, 1.54) is 52.1 Å². The Bertz CT molecular complexity index is 5070. The van der Waals surface area contributed by atoms with Gasteiger partial charge in [-0.1, -0.05) is 88.1 Å². The molecule has 0 bridgehead atoms. The number of carboxylic acid groups (broad SMARTS) is 1. The molecule has 2 aromatic heterocycles. The molecule has 0 aliphatic carbocycles. The third-order valence-electron chi connectivity index (χ3n) is 23.4. The van der Waals surface area contributed by atoms with Gasteiger partial charge in [0.15, 0.2) is 0 Å². The van der Waals surface area contributed by atoms with Crippen LogP contribution in [-0.2, 0) is 117 Å².